The van der Waals surface area contributed by atoms with Gasteiger partial charge in [-0.1, -0.05) is 39.8 Å². The Balaban J connectivity index is 2.60. The second-order valence-electron chi connectivity index (χ2n) is 9.38. The molecule has 2 rings (SSSR count). The van der Waals surface area contributed by atoms with Gasteiger partial charge in [0.2, 0.25) is 0 Å². The van der Waals surface area contributed by atoms with Crippen molar-refractivity contribution in [3.63, 3.8) is 0 Å². The summed E-state index contributed by atoms with van der Waals surface area (Å²) >= 11 is 0. The molecule has 0 unspecified atom stereocenters. The standard InChI is InChI=1S/C23H31NO8/c1-13(2)11-31-21(26)19-17(25)10-23(5,28)20(22(27)32-12-14(3)4)18(19)15-7-6-8-16(9-15)24(29)30/h6-9,13-14,18-20,28H,10-12H2,1-5H3/t18-,19+,20-,23+/m1/s1. The number of benzene rings is 1. The van der Waals surface area contributed by atoms with Gasteiger partial charge in [-0.15, -0.1) is 0 Å². The van der Waals surface area contributed by atoms with Gasteiger partial charge >= 0.3 is 11.9 Å². The van der Waals surface area contributed by atoms with Gasteiger partial charge in [0.15, 0.2) is 5.78 Å². The summed E-state index contributed by atoms with van der Waals surface area (Å²) in [5.41, 5.74) is -1.86. The molecular formula is C23H31NO8. The molecule has 32 heavy (non-hydrogen) atoms. The molecule has 0 aromatic heterocycles. The number of hydrogen-bond acceptors (Lipinski definition) is 8. The number of hydrogen-bond donors (Lipinski definition) is 1. The number of nitro groups is 1. The number of non-ortho nitro benzene ring substituents is 1. The summed E-state index contributed by atoms with van der Waals surface area (Å²) in [7, 11) is 0. The molecule has 1 N–H and O–H groups in total. The Hall–Kier alpha value is -2.81. The average Bonchev–Trinajstić information content (AvgIpc) is 2.69. The number of ketones is 1. The van der Waals surface area contributed by atoms with Gasteiger partial charge in [-0.25, -0.2) is 0 Å². The van der Waals surface area contributed by atoms with Crippen LogP contribution in [-0.2, 0) is 23.9 Å². The SMILES string of the molecule is CC(C)COC(=O)[C@H]1C(=O)C[C@](C)(O)[C@@H](C(=O)OCC(C)C)[C@@H]1c1cccc([N+](=O)[O-])c1. The molecule has 0 radical (unpaired) electrons. The van der Waals surface area contributed by atoms with Crippen molar-refractivity contribution in [3.05, 3.63) is 39.9 Å². The second kappa shape index (κ2) is 10.2. The van der Waals surface area contributed by atoms with E-state index in [1.54, 1.807) is 0 Å². The Morgan fingerprint density at radius 1 is 1.16 bits per heavy atom. The average molecular weight is 450 g/mol. The highest BCUT2D eigenvalue weighted by Crippen LogP contribution is 2.47. The van der Waals surface area contributed by atoms with Crippen molar-refractivity contribution in [1.29, 1.82) is 0 Å². The number of carbonyl (C=O) groups excluding carboxylic acids is 3. The normalized spacial score (nSPS) is 25.6. The first-order valence-electron chi connectivity index (χ1n) is 10.7. The first kappa shape index (κ1) is 25.5. The minimum atomic E-state index is -1.81. The van der Waals surface area contributed by atoms with E-state index in [2.05, 4.69) is 0 Å². The zero-order valence-corrected chi connectivity index (χ0v) is 19.1. The van der Waals surface area contributed by atoms with Gasteiger partial charge in [-0.2, -0.15) is 0 Å². The molecule has 176 valence electrons. The fourth-order valence-corrected chi connectivity index (χ4v) is 3.94. The van der Waals surface area contributed by atoms with Gasteiger partial charge in [0.1, 0.15) is 5.92 Å². The van der Waals surface area contributed by atoms with E-state index in [4.69, 9.17) is 9.47 Å². The minimum Gasteiger partial charge on any atom is -0.465 e. The molecule has 1 fully saturated rings. The highest BCUT2D eigenvalue weighted by molar-refractivity contribution is 6.02. The van der Waals surface area contributed by atoms with Crippen LogP contribution in [0.4, 0.5) is 5.69 Å². The molecule has 9 heteroatoms. The Bertz CT molecular complexity index is 877. The summed E-state index contributed by atoms with van der Waals surface area (Å²) in [6, 6.07) is 5.39. The summed E-state index contributed by atoms with van der Waals surface area (Å²) < 4.78 is 10.7. The van der Waals surface area contributed by atoms with Crippen LogP contribution in [0.2, 0.25) is 0 Å². The zero-order chi connectivity index (χ0) is 24.2. The highest BCUT2D eigenvalue weighted by Gasteiger charge is 2.57. The number of carbonyl (C=O) groups is 3. The van der Waals surface area contributed by atoms with E-state index in [-0.39, 0.29) is 36.3 Å². The number of Topliss-reactive ketones (excluding diaryl/α,β-unsaturated/α-hetero) is 1. The number of esters is 2. The van der Waals surface area contributed by atoms with Gasteiger partial charge in [-0.05, 0) is 24.3 Å². The predicted octanol–water partition coefficient (Wildman–Crippen LogP) is 3.03. The topological polar surface area (TPSA) is 133 Å². The fourth-order valence-electron chi connectivity index (χ4n) is 3.94. The van der Waals surface area contributed by atoms with E-state index in [0.29, 0.717) is 0 Å². The lowest BCUT2D eigenvalue weighted by atomic mass is 9.61. The third kappa shape index (κ3) is 5.91. The molecule has 0 aliphatic heterocycles. The summed E-state index contributed by atoms with van der Waals surface area (Å²) in [5, 5.41) is 22.4. The van der Waals surface area contributed by atoms with Crippen LogP contribution in [0.25, 0.3) is 0 Å². The number of nitrogens with zero attached hydrogens (tertiary/aromatic N) is 1. The third-order valence-corrected chi connectivity index (χ3v) is 5.36. The van der Waals surface area contributed by atoms with E-state index in [1.807, 2.05) is 27.7 Å². The maximum Gasteiger partial charge on any atom is 0.317 e. The number of ether oxygens (including phenoxy) is 2. The van der Waals surface area contributed by atoms with Gasteiger partial charge < -0.3 is 14.6 Å². The molecular weight excluding hydrogens is 418 g/mol. The Labute approximate surface area is 187 Å². The Kier molecular flexibility index (Phi) is 8.12. The molecule has 0 saturated heterocycles. The smallest absolute Gasteiger partial charge is 0.317 e. The molecule has 1 aromatic carbocycles. The van der Waals surface area contributed by atoms with Crippen molar-refractivity contribution >= 4 is 23.4 Å². The number of rotatable bonds is 8. The van der Waals surface area contributed by atoms with E-state index >= 15 is 0 Å². The minimum absolute atomic E-state index is 0.0174. The van der Waals surface area contributed by atoms with Crippen LogP contribution >= 0.6 is 0 Å². The Morgan fingerprint density at radius 2 is 1.72 bits per heavy atom. The predicted molar refractivity (Wildman–Crippen MR) is 115 cm³/mol. The Morgan fingerprint density at radius 3 is 2.25 bits per heavy atom. The van der Waals surface area contributed by atoms with Gasteiger partial charge in [0, 0.05) is 24.5 Å². The van der Waals surface area contributed by atoms with Crippen molar-refractivity contribution in [3.8, 4) is 0 Å². The first-order valence-corrected chi connectivity index (χ1v) is 10.7. The molecule has 1 aliphatic carbocycles. The maximum absolute atomic E-state index is 13.1. The summed E-state index contributed by atoms with van der Waals surface area (Å²) in [5.74, 6) is -6.00. The number of nitro benzene ring substituents is 1. The van der Waals surface area contributed by atoms with E-state index in [0.717, 1.165) is 0 Å². The largest absolute Gasteiger partial charge is 0.465 e. The molecule has 1 aromatic rings. The van der Waals surface area contributed by atoms with Crippen LogP contribution in [0, 0.1) is 33.8 Å². The molecule has 0 bridgehead atoms. The van der Waals surface area contributed by atoms with Crippen LogP contribution in [-0.4, -0.2) is 46.6 Å². The van der Waals surface area contributed by atoms with Crippen LogP contribution in [0.5, 0.6) is 0 Å². The van der Waals surface area contributed by atoms with Gasteiger partial charge in [0.25, 0.3) is 5.69 Å². The van der Waals surface area contributed by atoms with Crippen LogP contribution in [0.1, 0.15) is 52.5 Å². The highest BCUT2D eigenvalue weighted by atomic mass is 16.6. The van der Waals surface area contributed by atoms with Gasteiger partial charge in [0.05, 0.1) is 29.7 Å². The summed E-state index contributed by atoms with van der Waals surface area (Å²) in [4.78, 5) is 49.7. The van der Waals surface area contributed by atoms with Gasteiger partial charge in [-0.3, -0.25) is 24.5 Å². The van der Waals surface area contributed by atoms with E-state index in [9.17, 15) is 29.6 Å². The lowest BCUT2D eigenvalue weighted by Crippen LogP contribution is -2.55. The van der Waals surface area contributed by atoms with Crippen LogP contribution in [0.3, 0.4) is 0 Å². The van der Waals surface area contributed by atoms with E-state index in [1.165, 1.54) is 31.2 Å². The lowest BCUT2D eigenvalue weighted by molar-refractivity contribution is -0.385. The van der Waals surface area contributed by atoms with Crippen LogP contribution in [0.15, 0.2) is 24.3 Å². The molecule has 0 amide bonds. The third-order valence-electron chi connectivity index (χ3n) is 5.36. The molecule has 1 aliphatic rings. The first-order chi connectivity index (χ1) is 14.8. The lowest BCUT2D eigenvalue weighted by Gasteiger charge is -2.43. The second-order valence-corrected chi connectivity index (χ2v) is 9.38. The van der Waals surface area contributed by atoms with Crippen molar-refractivity contribution in [1.82, 2.24) is 0 Å². The fraction of sp³-hybridized carbons (Fsp3) is 0.609. The van der Waals surface area contributed by atoms with Crippen molar-refractivity contribution in [2.45, 2.75) is 52.6 Å². The number of aliphatic hydroxyl groups is 1. The van der Waals surface area contributed by atoms with Crippen molar-refractivity contribution in [2.75, 3.05) is 13.2 Å². The quantitative estimate of drug-likeness (QED) is 0.277. The maximum atomic E-state index is 13.1. The molecule has 0 heterocycles. The molecule has 9 nitrogen and oxygen atoms in total. The molecule has 4 atom stereocenters. The van der Waals surface area contributed by atoms with Crippen molar-refractivity contribution < 1.29 is 33.9 Å². The zero-order valence-electron chi connectivity index (χ0n) is 19.1. The molecule has 0 spiro atoms. The monoisotopic (exact) mass is 449 g/mol. The summed E-state index contributed by atoms with van der Waals surface area (Å²) in [6.45, 7) is 8.87. The van der Waals surface area contributed by atoms with E-state index < -0.39 is 52.4 Å². The summed E-state index contributed by atoms with van der Waals surface area (Å²) in [6.07, 6.45) is -0.443. The van der Waals surface area contributed by atoms with Crippen molar-refractivity contribution in [2.24, 2.45) is 23.7 Å². The van der Waals surface area contributed by atoms with Crippen LogP contribution < -0.4 is 0 Å². The molecule has 1 saturated carbocycles.